The molecule has 122 valence electrons. The first-order chi connectivity index (χ1) is 11.7. The van der Waals surface area contributed by atoms with Crippen LogP contribution < -0.4 is 4.74 Å². The van der Waals surface area contributed by atoms with Crippen molar-refractivity contribution in [1.29, 1.82) is 0 Å². The Hall–Kier alpha value is -2.13. The van der Waals surface area contributed by atoms with Gasteiger partial charge in [0.05, 0.1) is 7.11 Å². The number of rotatable bonds is 3. The molecule has 2 nitrogen and oxygen atoms in total. The molecule has 0 heterocycles. The Kier molecular flexibility index (Phi) is 5.31. The fourth-order valence-corrected chi connectivity index (χ4v) is 3.29. The van der Waals surface area contributed by atoms with Crippen molar-refractivity contribution < 1.29 is 9.53 Å². The fourth-order valence-electron chi connectivity index (χ4n) is 2.88. The number of carbonyl (C=O) groups excluding carboxylic acids is 1. The van der Waals surface area contributed by atoms with E-state index in [1.54, 1.807) is 7.11 Å². The highest BCUT2D eigenvalue weighted by Gasteiger charge is 2.20. The van der Waals surface area contributed by atoms with Crippen molar-refractivity contribution in [3.05, 3.63) is 75.3 Å². The Bertz CT molecular complexity index is 801. The molecule has 0 aromatic heterocycles. The zero-order chi connectivity index (χ0) is 16.9. The van der Waals surface area contributed by atoms with E-state index in [1.807, 2.05) is 60.7 Å². The number of methoxy groups -OCH3 is 1. The van der Waals surface area contributed by atoms with Gasteiger partial charge in [-0.15, -0.1) is 0 Å². The molecule has 0 aliphatic heterocycles. The molecule has 0 N–H and O–H groups in total. The van der Waals surface area contributed by atoms with Crippen molar-refractivity contribution in [1.82, 2.24) is 0 Å². The normalized spacial score (nSPS) is 18.2. The Balaban J connectivity index is 1.85. The van der Waals surface area contributed by atoms with Crippen LogP contribution in [0.5, 0.6) is 5.75 Å². The van der Waals surface area contributed by atoms with Crippen molar-refractivity contribution in [2.24, 2.45) is 0 Å². The minimum atomic E-state index is 0.164. The van der Waals surface area contributed by atoms with Gasteiger partial charge in [0.2, 0.25) is 0 Å². The van der Waals surface area contributed by atoms with Crippen LogP contribution in [0.25, 0.3) is 12.2 Å². The third kappa shape index (κ3) is 4.04. The first-order valence-corrected chi connectivity index (χ1v) is 8.80. The van der Waals surface area contributed by atoms with Crippen LogP contribution in [0.15, 0.2) is 64.1 Å². The highest BCUT2D eigenvalue weighted by molar-refractivity contribution is 9.10. The minimum absolute atomic E-state index is 0.164. The summed E-state index contributed by atoms with van der Waals surface area (Å²) in [5.41, 5.74) is 3.85. The predicted octanol–water partition coefficient (Wildman–Crippen LogP) is 5.68. The molecule has 0 bridgehead atoms. The third-order valence-electron chi connectivity index (χ3n) is 4.12. The van der Waals surface area contributed by atoms with Crippen molar-refractivity contribution in [2.75, 3.05) is 7.11 Å². The summed E-state index contributed by atoms with van der Waals surface area (Å²) in [6.45, 7) is 0. The number of allylic oxidation sites excluding steroid dienone is 2. The number of hydrogen-bond donors (Lipinski definition) is 0. The zero-order valence-electron chi connectivity index (χ0n) is 13.6. The monoisotopic (exact) mass is 382 g/mol. The van der Waals surface area contributed by atoms with Gasteiger partial charge in [-0.05, 0) is 66.8 Å². The maximum atomic E-state index is 12.8. The van der Waals surface area contributed by atoms with Crippen LogP contribution in [0.1, 0.15) is 30.4 Å². The molecule has 0 atom stereocenters. The SMILES string of the molecule is COc1ccc(/C=C2\CCC/C(=C\c3cccc(Br)c3)C2=O)cc1. The maximum absolute atomic E-state index is 12.8. The van der Waals surface area contributed by atoms with E-state index in [0.29, 0.717) is 0 Å². The van der Waals surface area contributed by atoms with E-state index < -0.39 is 0 Å². The second kappa shape index (κ2) is 7.63. The molecule has 1 saturated carbocycles. The molecule has 1 aliphatic carbocycles. The second-order valence-corrected chi connectivity index (χ2v) is 6.77. The molecule has 0 spiro atoms. The average Bonchev–Trinajstić information content (AvgIpc) is 2.59. The minimum Gasteiger partial charge on any atom is -0.497 e. The number of Topliss-reactive ketones (excluding diaryl/α,β-unsaturated/α-hetero) is 1. The molecule has 3 rings (SSSR count). The molecule has 1 aliphatic rings. The number of ether oxygens (including phenoxy) is 1. The van der Waals surface area contributed by atoms with E-state index in [9.17, 15) is 4.79 Å². The maximum Gasteiger partial charge on any atom is 0.185 e. The van der Waals surface area contributed by atoms with E-state index in [2.05, 4.69) is 15.9 Å². The van der Waals surface area contributed by atoms with Gasteiger partial charge < -0.3 is 4.74 Å². The molecular weight excluding hydrogens is 364 g/mol. The van der Waals surface area contributed by atoms with E-state index >= 15 is 0 Å². The van der Waals surface area contributed by atoms with Crippen LogP contribution in [0, 0.1) is 0 Å². The van der Waals surface area contributed by atoms with Gasteiger partial charge in [-0.3, -0.25) is 4.79 Å². The van der Waals surface area contributed by atoms with Gasteiger partial charge in [0.25, 0.3) is 0 Å². The molecule has 0 radical (unpaired) electrons. The fraction of sp³-hybridized carbons (Fsp3) is 0.190. The van der Waals surface area contributed by atoms with Crippen molar-refractivity contribution in [2.45, 2.75) is 19.3 Å². The van der Waals surface area contributed by atoms with E-state index in [4.69, 9.17) is 4.74 Å². The summed E-state index contributed by atoms with van der Waals surface area (Å²) >= 11 is 3.47. The van der Waals surface area contributed by atoms with Gasteiger partial charge in [0.15, 0.2) is 5.78 Å². The number of halogens is 1. The zero-order valence-corrected chi connectivity index (χ0v) is 15.2. The van der Waals surface area contributed by atoms with Gasteiger partial charge in [0, 0.05) is 15.6 Å². The summed E-state index contributed by atoms with van der Waals surface area (Å²) in [5, 5.41) is 0. The lowest BCUT2D eigenvalue weighted by molar-refractivity contribution is -0.112. The third-order valence-corrected chi connectivity index (χ3v) is 4.62. The molecule has 0 unspecified atom stereocenters. The largest absolute Gasteiger partial charge is 0.497 e. The molecule has 0 saturated heterocycles. The van der Waals surface area contributed by atoms with Gasteiger partial charge >= 0.3 is 0 Å². The number of carbonyl (C=O) groups is 1. The van der Waals surface area contributed by atoms with Crippen LogP contribution in [0.4, 0.5) is 0 Å². The van der Waals surface area contributed by atoms with Crippen molar-refractivity contribution >= 4 is 33.9 Å². The number of ketones is 1. The first-order valence-electron chi connectivity index (χ1n) is 8.01. The van der Waals surface area contributed by atoms with Crippen LogP contribution in [0.3, 0.4) is 0 Å². The smallest absolute Gasteiger partial charge is 0.185 e. The van der Waals surface area contributed by atoms with Crippen LogP contribution in [-0.4, -0.2) is 12.9 Å². The predicted molar refractivity (Wildman–Crippen MR) is 102 cm³/mol. The Morgan fingerprint density at radius 1 is 0.958 bits per heavy atom. The van der Waals surface area contributed by atoms with Gasteiger partial charge in [-0.1, -0.05) is 40.2 Å². The Labute approximate surface area is 151 Å². The Morgan fingerprint density at radius 2 is 1.62 bits per heavy atom. The lowest BCUT2D eigenvalue weighted by Crippen LogP contribution is -2.12. The second-order valence-electron chi connectivity index (χ2n) is 5.85. The van der Waals surface area contributed by atoms with Crippen LogP contribution in [0.2, 0.25) is 0 Å². The molecule has 24 heavy (non-hydrogen) atoms. The molecule has 0 amide bonds. The van der Waals surface area contributed by atoms with E-state index in [1.165, 1.54) is 0 Å². The summed E-state index contributed by atoms with van der Waals surface area (Å²) in [7, 11) is 1.65. The lowest BCUT2D eigenvalue weighted by Gasteiger charge is -2.16. The molecular formula is C21H19BrO2. The van der Waals surface area contributed by atoms with Crippen molar-refractivity contribution in [3.8, 4) is 5.75 Å². The molecule has 2 aromatic rings. The van der Waals surface area contributed by atoms with Gasteiger partial charge in [-0.25, -0.2) is 0 Å². The summed E-state index contributed by atoms with van der Waals surface area (Å²) in [4.78, 5) is 12.8. The first kappa shape index (κ1) is 16.7. The summed E-state index contributed by atoms with van der Waals surface area (Å²) in [5.74, 6) is 0.986. The average molecular weight is 383 g/mol. The summed E-state index contributed by atoms with van der Waals surface area (Å²) < 4.78 is 6.20. The summed E-state index contributed by atoms with van der Waals surface area (Å²) in [6, 6.07) is 15.8. The van der Waals surface area contributed by atoms with Crippen molar-refractivity contribution in [3.63, 3.8) is 0 Å². The van der Waals surface area contributed by atoms with Gasteiger partial charge in [-0.2, -0.15) is 0 Å². The van der Waals surface area contributed by atoms with Crippen LogP contribution in [-0.2, 0) is 4.79 Å². The number of hydrogen-bond acceptors (Lipinski definition) is 2. The van der Waals surface area contributed by atoms with E-state index in [0.717, 1.165) is 51.8 Å². The highest BCUT2D eigenvalue weighted by Crippen LogP contribution is 2.28. The molecule has 1 fully saturated rings. The Morgan fingerprint density at radius 3 is 2.25 bits per heavy atom. The van der Waals surface area contributed by atoms with Crippen LogP contribution >= 0.6 is 15.9 Å². The topological polar surface area (TPSA) is 26.3 Å². The molecule has 3 heteroatoms. The van der Waals surface area contributed by atoms with Gasteiger partial charge in [0.1, 0.15) is 5.75 Å². The lowest BCUT2D eigenvalue weighted by atomic mass is 9.87. The quantitative estimate of drug-likeness (QED) is 0.638. The highest BCUT2D eigenvalue weighted by atomic mass is 79.9. The summed E-state index contributed by atoms with van der Waals surface area (Å²) in [6.07, 6.45) is 6.68. The standard InChI is InChI=1S/C21H19BrO2/c1-24-20-10-8-15(9-11-20)12-17-5-3-6-18(21(17)23)13-16-4-2-7-19(22)14-16/h2,4,7-14H,3,5-6H2,1H3/b17-12+,18-13+. The van der Waals surface area contributed by atoms with E-state index in [-0.39, 0.29) is 5.78 Å². The number of benzene rings is 2. The molecule has 2 aromatic carbocycles.